The summed E-state index contributed by atoms with van der Waals surface area (Å²) >= 11 is 0. The van der Waals surface area contributed by atoms with E-state index in [2.05, 4.69) is 124 Å². The predicted molar refractivity (Wildman–Crippen MR) is 187 cm³/mol. The molecule has 0 amide bonds. The maximum absolute atomic E-state index is 9.50. The second-order valence-corrected chi connectivity index (χ2v) is 11.2. The van der Waals surface area contributed by atoms with Gasteiger partial charge in [0.1, 0.15) is 0 Å². The fraction of sp³-hybridized carbons (Fsp3) is 0. The molecule has 0 N–H and O–H groups in total. The standard InChI is InChI=1S/C42H24N4/c1-44-33-19-21-46-39(25-33)30-10-7-12-32(24-30)41-36-15-5-4-14-35(36)40(37-17-16-28-8-2-3-13-34(28)42(37)41)31-11-6-9-29(23-31)38-22-27(26-43)18-20-45-38/h2-25H. The lowest BCUT2D eigenvalue weighted by atomic mass is 9.83. The first-order valence-electron chi connectivity index (χ1n) is 15.0. The number of benzene rings is 6. The molecule has 0 atom stereocenters. The zero-order valence-electron chi connectivity index (χ0n) is 24.6. The molecule has 0 aliphatic carbocycles. The Hall–Kier alpha value is -6.62. The van der Waals surface area contributed by atoms with Gasteiger partial charge in [-0.1, -0.05) is 97.1 Å². The van der Waals surface area contributed by atoms with E-state index < -0.39 is 0 Å². The maximum Gasteiger partial charge on any atom is 0.190 e. The summed E-state index contributed by atoms with van der Waals surface area (Å²) < 4.78 is 0. The van der Waals surface area contributed by atoms with Gasteiger partial charge in [-0.25, -0.2) is 4.85 Å². The second-order valence-electron chi connectivity index (χ2n) is 11.2. The third kappa shape index (κ3) is 4.54. The molecule has 0 spiro atoms. The molecule has 212 valence electrons. The molecule has 2 heterocycles. The Balaban J connectivity index is 1.45. The van der Waals surface area contributed by atoms with Gasteiger partial charge in [0.05, 0.1) is 29.6 Å². The molecule has 4 heteroatoms. The van der Waals surface area contributed by atoms with E-state index in [0.29, 0.717) is 11.3 Å². The average molecular weight is 585 g/mol. The highest BCUT2D eigenvalue weighted by Crippen LogP contribution is 2.47. The molecular formula is C42H24N4. The molecule has 8 aromatic rings. The van der Waals surface area contributed by atoms with Gasteiger partial charge in [-0.2, -0.15) is 5.26 Å². The first-order valence-corrected chi connectivity index (χ1v) is 15.0. The number of pyridine rings is 2. The van der Waals surface area contributed by atoms with Gasteiger partial charge in [0.2, 0.25) is 0 Å². The van der Waals surface area contributed by atoms with E-state index in [9.17, 15) is 5.26 Å². The largest absolute Gasteiger partial charge is 0.259 e. The quantitative estimate of drug-likeness (QED) is 0.117. The van der Waals surface area contributed by atoms with E-state index >= 15 is 0 Å². The molecule has 0 bridgehead atoms. The van der Waals surface area contributed by atoms with Crippen LogP contribution in [0.5, 0.6) is 0 Å². The highest BCUT2D eigenvalue weighted by Gasteiger charge is 2.19. The van der Waals surface area contributed by atoms with Crippen LogP contribution in [-0.2, 0) is 0 Å². The average Bonchev–Trinajstić information content (AvgIpc) is 3.13. The van der Waals surface area contributed by atoms with E-state index in [0.717, 1.165) is 60.9 Å². The smallest absolute Gasteiger partial charge is 0.190 e. The van der Waals surface area contributed by atoms with Crippen molar-refractivity contribution in [3.05, 3.63) is 163 Å². The molecule has 0 aliphatic rings. The molecule has 2 aromatic heterocycles. The Morgan fingerprint density at radius 1 is 0.522 bits per heavy atom. The number of hydrogen-bond donors (Lipinski definition) is 0. The van der Waals surface area contributed by atoms with Crippen molar-refractivity contribution in [1.82, 2.24) is 9.97 Å². The molecule has 46 heavy (non-hydrogen) atoms. The minimum atomic E-state index is 0.568. The molecule has 0 fully saturated rings. The summed E-state index contributed by atoms with van der Waals surface area (Å²) in [5.41, 5.74) is 9.10. The first kappa shape index (κ1) is 27.0. The summed E-state index contributed by atoms with van der Waals surface area (Å²) in [6.45, 7) is 7.49. The predicted octanol–water partition coefficient (Wildman–Crippen LogP) is 11.0. The van der Waals surface area contributed by atoms with Crippen molar-refractivity contribution in [2.24, 2.45) is 0 Å². The Bertz CT molecular complexity index is 2570. The number of hydrogen-bond acceptors (Lipinski definition) is 3. The zero-order valence-corrected chi connectivity index (χ0v) is 24.6. The topological polar surface area (TPSA) is 53.9 Å². The van der Waals surface area contributed by atoms with E-state index in [4.69, 9.17) is 6.57 Å². The minimum absolute atomic E-state index is 0.568. The van der Waals surface area contributed by atoms with Crippen LogP contribution in [0.25, 0.3) is 81.9 Å². The Morgan fingerprint density at radius 2 is 1.13 bits per heavy atom. The molecular weight excluding hydrogens is 560 g/mol. The van der Waals surface area contributed by atoms with Crippen molar-refractivity contribution in [1.29, 1.82) is 5.26 Å². The summed E-state index contributed by atoms with van der Waals surface area (Å²) in [4.78, 5) is 12.8. The van der Waals surface area contributed by atoms with Gasteiger partial charge in [0, 0.05) is 18.0 Å². The van der Waals surface area contributed by atoms with E-state index in [1.54, 1.807) is 24.5 Å². The highest BCUT2D eigenvalue weighted by molar-refractivity contribution is 6.28. The second kappa shape index (κ2) is 11.1. The first-order chi connectivity index (χ1) is 22.7. The van der Waals surface area contributed by atoms with Crippen molar-refractivity contribution < 1.29 is 0 Å². The third-order valence-electron chi connectivity index (χ3n) is 8.57. The van der Waals surface area contributed by atoms with Crippen LogP contribution in [0.1, 0.15) is 5.56 Å². The molecule has 0 radical (unpaired) electrons. The van der Waals surface area contributed by atoms with Gasteiger partial charge in [-0.15, -0.1) is 0 Å². The number of rotatable bonds is 4. The van der Waals surface area contributed by atoms with Crippen LogP contribution >= 0.6 is 0 Å². The fourth-order valence-corrected chi connectivity index (χ4v) is 6.53. The Morgan fingerprint density at radius 3 is 1.85 bits per heavy atom. The van der Waals surface area contributed by atoms with Crippen LogP contribution in [0.15, 0.2) is 146 Å². The third-order valence-corrected chi connectivity index (χ3v) is 8.57. The van der Waals surface area contributed by atoms with Crippen LogP contribution in [0.4, 0.5) is 5.69 Å². The summed E-state index contributed by atoms with van der Waals surface area (Å²) in [6.07, 6.45) is 3.39. The van der Waals surface area contributed by atoms with Crippen molar-refractivity contribution in [2.75, 3.05) is 0 Å². The van der Waals surface area contributed by atoms with Crippen molar-refractivity contribution in [3.8, 4) is 50.8 Å². The van der Waals surface area contributed by atoms with E-state index in [1.807, 2.05) is 18.2 Å². The normalized spacial score (nSPS) is 11.0. The van der Waals surface area contributed by atoms with Crippen LogP contribution in [0.2, 0.25) is 0 Å². The van der Waals surface area contributed by atoms with Crippen molar-refractivity contribution in [3.63, 3.8) is 0 Å². The van der Waals surface area contributed by atoms with E-state index in [1.165, 1.54) is 16.2 Å². The van der Waals surface area contributed by atoms with Crippen LogP contribution < -0.4 is 0 Å². The van der Waals surface area contributed by atoms with Crippen molar-refractivity contribution in [2.45, 2.75) is 0 Å². The molecule has 6 aromatic carbocycles. The molecule has 4 nitrogen and oxygen atoms in total. The molecule has 0 unspecified atom stereocenters. The monoisotopic (exact) mass is 584 g/mol. The van der Waals surface area contributed by atoms with Crippen LogP contribution in [0.3, 0.4) is 0 Å². The molecule has 0 aliphatic heterocycles. The summed E-state index contributed by atoms with van der Waals surface area (Å²) in [5.74, 6) is 0. The van der Waals surface area contributed by atoms with Crippen LogP contribution in [0, 0.1) is 17.9 Å². The molecule has 8 rings (SSSR count). The fourth-order valence-electron chi connectivity index (χ4n) is 6.53. The number of fused-ring (bicyclic) bond motifs is 4. The van der Waals surface area contributed by atoms with Gasteiger partial charge in [0.25, 0.3) is 0 Å². The summed E-state index contributed by atoms with van der Waals surface area (Å²) in [7, 11) is 0. The van der Waals surface area contributed by atoms with Gasteiger partial charge in [-0.05, 0) is 96.5 Å². The lowest BCUT2D eigenvalue weighted by Gasteiger charge is -2.20. The maximum atomic E-state index is 9.50. The summed E-state index contributed by atoms with van der Waals surface area (Å²) in [6, 6.07) is 47.9. The number of nitriles is 1. The molecule has 0 saturated carbocycles. The number of nitrogens with zero attached hydrogens (tertiary/aromatic N) is 4. The Labute approximate surface area is 266 Å². The zero-order chi connectivity index (χ0) is 31.0. The van der Waals surface area contributed by atoms with Gasteiger partial charge < -0.3 is 0 Å². The molecule has 0 saturated heterocycles. The van der Waals surface area contributed by atoms with Gasteiger partial charge in [0.15, 0.2) is 5.69 Å². The van der Waals surface area contributed by atoms with E-state index in [-0.39, 0.29) is 0 Å². The van der Waals surface area contributed by atoms with Gasteiger partial charge >= 0.3 is 0 Å². The summed E-state index contributed by atoms with van der Waals surface area (Å²) in [5, 5.41) is 16.5. The Kier molecular flexibility index (Phi) is 6.53. The lowest BCUT2D eigenvalue weighted by Crippen LogP contribution is -1.93. The van der Waals surface area contributed by atoms with Crippen molar-refractivity contribution >= 4 is 38.0 Å². The lowest BCUT2D eigenvalue weighted by molar-refractivity contribution is 1.31. The highest BCUT2D eigenvalue weighted by atomic mass is 14.7. The van der Waals surface area contributed by atoms with Gasteiger partial charge in [-0.3, -0.25) is 9.97 Å². The SMILES string of the molecule is [C-]#[N+]c1ccnc(-c2cccc(-c3c4ccccc4c(-c4cccc(-c5cc(C#N)ccn5)c4)c4ccc5ccccc5c34)c2)c1. The van der Waals surface area contributed by atoms with Crippen LogP contribution in [-0.4, -0.2) is 9.97 Å². The number of aromatic nitrogens is 2. The minimum Gasteiger partial charge on any atom is -0.259 e.